The molecule has 152 valence electrons. The monoisotopic (exact) mass is 376 g/mol. The van der Waals surface area contributed by atoms with E-state index < -0.39 is 7.32 Å². The Morgan fingerprint density at radius 3 is 1.20 bits per heavy atom. The maximum atomic E-state index is 9.56. The fraction of sp³-hybridized carbons (Fsp3) is 0.750. The van der Waals surface area contributed by atoms with Gasteiger partial charge in [-0.1, -0.05) is 0 Å². The summed E-state index contributed by atoms with van der Waals surface area (Å²) in [6.07, 6.45) is 3.37. The van der Waals surface area contributed by atoms with Crippen LogP contribution in [0.4, 0.5) is 0 Å². The van der Waals surface area contributed by atoms with Crippen LogP contribution in [-0.4, -0.2) is 102 Å². The van der Waals surface area contributed by atoms with E-state index in [-0.39, 0.29) is 26.8 Å². The normalized spacial score (nSPS) is 7.80. The molecule has 0 unspecified atom stereocenters. The number of unbranched alkanes of at least 4 members (excludes halogenated alkanes) is 2. The summed E-state index contributed by atoms with van der Waals surface area (Å²) >= 11 is 0. The van der Waals surface area contributed by atoms with E-state index in [9.17, 15) is 9.59 Å². The summed E-state index contributed by atoms with van der Waals surface area (Å²) < 4.78 is 8.91. The summed E-state index contributed by atoms with van der Waals surface area (Å²) in [5.41, 5.74) is 0. The predicted molar refractivity (Wildman–Crippen MR) is 85.8 cm³/mol. The molecule has 0 aliphatic rings. The summed E-state index contributed by atoms with van der Waals surface area (Å²) in [5.74, 6) is 0. The first kappa shape index (κ1) is 34.9. The molecule has 0 aliphatic heterocycles. The van der Waals surface area contributed by atoms with Gasteiger partial charge in [0.2, 0.25) is 0 Å². The number of carbonyl (C=O) groups is 3. The number of aliphatic hydroxyl groups excluding tert-OH is 4. The van der Waals surface area contributed by atoms with Crippen LogP contribution in [0.25, 0.3) is 0 Å². The molecule has 0 fully saturated rings. The van der Waals surface area contributed by atoms with Crippen molar-refractivity contribution < 1.29 is 59.4 Å². The molecule has 7 N–H and O–H groups in total. The third kappa shape index (κ3) is 128. The van der Waals surface area contributed by atoms with Crippen LogP contribution in [0.1, 0.15) is 19.3 Å². The molecule has 0 aliphatic carbocycles. The van der Waals surface area contributed by atoms with Gasteiger partial charge in [0.1, 0.15) is 32.9 Å². The standard InChI is InChI=1S/C5H8O2.C4H10O4.C2H6O2.CH2O.BH3O3/c6-4-2-1-3-5-7;5-3-7-1-2-8-4-6;3-1-2-4;1-2;2-1(3)4/h4-5H,1-3H2;5-6H,1-4H2;3-4H,1-2H2;1H2;2-4H. The number of hydrogen-bond acceptors (Lipinski definition) is 12. The van der Waals surface area contributed by atoms with E-state index in [1.54, 1.807) is 0 Å². The highest BCUT2D eigenvalue weighted by Gasteiger charge is 1.92. The summed E-state index contributed by atoms with van der Waals surface area (Å²) in [6.45, 7) is 1.79. The van der Waals surface area contributed by atoms with Gasteiger partial charge in [0.25, 0.3) is 0 Å². The van der Waals surface area contributed by atoms with Gasteiger partial charge in [0, 0.05) is 12.8 Å². The van der Waals surface area contributed by atoms with Crippen molar-refractivity contribution in [2.75, 3.05) is 40.0 Å². The summed E-state index contributed by atoms with van der Waals surface area (Å²) in [7, 11) is -2.17. The number of carbonyl (C=O) groups excluding carboxylic acids is 3. The van der Waals surface area contributed by atoms with E-state index in [0.29, 0.717) is 32.5 Å². The molecule has 0 aromatic rings. The first-order valence-electron chi connectivity index (χ1n) is 6.77. The lowest BCUT2D eigenvalue weighted by Gasteiger charge is -1.97. The van der Waals surface area contributed by atoms with Gasteiger partial charge in [-0.15, -0.1) is 0 Å². The molecular formula is C12H29BO12. The smallest absolute Gasteiger partial charge is 0.402 e. The summed E-state index contributed by atoms with van der Waals surface area (Å²) in [6, 6.07) is 0. The van der Waals surface area contributed by atoms with Crippen molar-refractivity contribution in [2.45, 2.75) is 19.3 Å². The van der Waals surface area contributed by atoms with Crippen molar-refractivity contribution in [3.05, 3.63) is 0 Å². The maximum absolute atomic E-state index is 9.56. The van der Waals surface area contributed by atoms with Gasteiger partial charge in [-0.25, -0.2) is 0 Å². The Balaban J connectivity index is -0.0000000716. The Hall–Kier alpha value is -1.29. The number of aldehydes is 2. The fourth-order valence-electron chi connectivity index (χ4n) is 0.531. The van der Waals surface area contributed by atoms with E-state index in [1.165, 1.54) is 0 Å². The summed E-state index contributed by atoms with van der Waals surface area (Å²) in [4.78, 5) is 27.1. The zero-order valence-electron chi connectivity index (χ0n) is 14.0. The van der Waals surface area contributed by atoms with Crippen molar-refractivity contribution >= 4 is 26.7 Å². The Kier molecular flexibility index (Phi) is 69.1. The first-order valence-corrected chi connectivity index (χ1v) is 6.77. The number of rotatable bonds is 10. The third-order valence-electron chi connectivity index (χ3n) is 1.30. The van der Waals surface area contributed by atoms with Crippen LogP contribution in [0.2, 0.25) is 0 Å². The molecule has 12 nitrogen and oxygen atoms in total. The molecule has 0 atom stereocenters. The second-order valence-electron chi connectivity index (χ2n) is 3.13. The van der Waals surface area contributed by atoms with Gasteiger partial charge in [-0.05, 0) is 6.42 Å². The second-order valence-corrected chi connectivity index (χ2v) is 3.13. The Morgan fingerprint density at radius 2 is 1.04 bits per heavy atom. The van der Waals surface area contributed by atoms with Gasteiger partial charge in [-0.2, -0.15) is 0 Å². The zero-order valence-corrected chi connectivity index (χ0v) is 14.0. The van der Waals surface area contributed by atoms with Gasteiger partial charge in [0.15, 0.2) is 0 Å². The molecule has 0 aromatic heterocycles. The number of ether oxygens (including phenoxy) is 2. The van der Waals surface area contributed by atoms with Crippen LogP contribution in [0, 0.1) is 0 Å². The SMILES string of the molecule is C=O.O=CCCCC=O.OB(O)O.OCCO.OCOCCOCO. The summed E-state index contributed by atoms with van der Waals surface area (Å²) in [5, 5.41) is 52.8. The molecule has 0 aromatic carbocycles. The lowest BCUT2D eigenvalue weighted by Crippen LogP contribution is -2.07. The Labute approximate surface area is 146 Å². The average Bonchev–Trinajstić information content (AvgIpc) is 2.61. The lowest BCUT2D eigenvalue weighted by molar-refractivity contribution is -0.109. The average molecular weight is 376 g/mol. The minimum absolute atomic E-state index is 0.125. The third-order valence-corrected chi connectivity index (χ3v) is 1.30. The van der Waals surface area contributed by atoms with Crippen LogP contribution in [0.5, 0.6) is 0 Å². The molecule has 0 saturated carbocycles. The van der Waals surface area contributed by atoms with E-state index in [4.69, 9.17) is 40.3 Å². The molecule has 0 spiro atoms. The quantitative estimate of drug-likeness (QED) is 0.0847. The highest BCUT2D eigenvalue weighted by molar-refractivity contribution is 6.30. The molecule has 0 radical (unpaired) electrons. The van der Waals surface area contributed by atoms with Gasteiger partial charge in [-0.3, -0.25) is 0 Å². The fourth-order valence-corrected chi connectivity index (χ4v) is 0.531. The van der Waals surface area contributed by atoms with Gasteiger partial charge in [0.05, 0.1) is 26.4 Å². The molecule has 0 saturated heterocycles. The molecule has 0 rings (SSSR count). The molecule has 25 heavy (non-hydrogen) atoms. The minimum atomic E-state index is -2.17. The van der Waals surface area contributed by atoms with Crippen molar-refractivity contribution in [1.29, 1.82) is 0 Å². The van der Waals surface area contributed by atoms with Crippen molar-refractivity contribution in [2.24, 2.45) is 0 Å². The number of hydrogen-bond donors (Lipinski definition) is 7. The van der Waals surface area contributed by atoms with E-state index in [1.807, 2.05) is 6.79 Å². The zero-order chi connectivity index (χ0) is 20.8. The van der Waals surface area contributed by atoms with Gasteiger partial charge >= 0.3 is 7.32 Å². The maximum Gasteiger partial charge on any atom is 0.631 e. The van der Waals surface area contributed by atoms with Gasteiger partial charge < -0.3 is 59.4 Å². The van der Waals surface area contributed by atoms with Crippen molar-refractivity contribution in [3.8, 4) is 0 Å². The first-order chi connectivity index (χ1) is 12.0. The lowest BCUT2D eigenvalue weighted by atomic mass is 10.3. The molecular weight excluding hydrogens is 347 g/mol. The van der Waals surface area contributed by atoms with E-state index >= 15 is 0 Å². The van der Waals surface area contributed by atoms with E-state index in [0.717, 1.165) is 12.6 Å². The Bertz CT molecular complexity index is 190. The van der Waals surface area contributed by atoms with Crippen LogP contribution >= 0.6 is 0 Å². The van der Waals surface area contributed by atoms with Crippen LogP contribution in [-0.2, 0) is 23.9 Å². The van der Waals surface area contributed by atoms with E-state index in [2.05, 4.69) is 9.47 Å². The predicted octanol–water partition coefficient (Wildman–Crippen LogP) is -3.79. The molecule has 13 heteroatoms. The van der Waals surface area contributed by atoms with Crippen molar-refractivity contribution in [1.82, 2.24) is 0 Å². The highest BCUT2D eigenvalue weighted by Crippen LogP contribution is 1.85. The number of aliphatic hydroxyl groups is 4. The molecule has 0 amide bonds. The highest BCUT2D eigenvalue weighted by atomic mass is 16.6. The molecule has 0 heterocycles. The van der Waals surface area contributed by atoms with Crippen LogP contribution in [0.3, 0.4) is 0 Å². The Morgan fingerprint density at radius 1 is 0.760 bits per heavy atom. The van der Waals surface area contributed by atoms with Crippen molar-refractivity contribution in [3.63, 3.8) is 0 Å². The largest absolute Gasteiger partial charge is 0.631 e. The second kappa shape index (κ2) is 49.5. The topological polar surface area (TPSA) is 211 Å². The minimum Gasteiger partial charge on any atom is -0.402 e. The van der Waals surface area contributed by atoms with Crippen LogP contribution < -0.4 is 0 Å². The molecule has 0 bridgehead atoms. The van der Waals surface area contributed by atoms with Crippen LogP contribution in [0.15, 0.2) is 0 Å².